The lowest BCUT2D eigenvalue weighted by atomic mass is 10.1. The molecule has 34 heavy (non-hydrogen) atoms. The molecule has 0 saturated heterocycles. The summed E-state index contributed by atoms with van der Waals surface area (Å²) in [5.74, 6) is -0.0483. The SMILES string of the molecule is CNCc1ccc(-c2nnc(-c3nc(-c4ccc(S(=O)(=O)C(C)C)cc4)cnc3C)o2)cc1F. The summed E-state index contributed by atoms with van der Waals surface area (Å²) >= 11 is 0. The number of sulfone groups is 1. The van der Waals surface area contributed by atoms with E-state index in [0.717, 1.165) is 0 Å². The van der Waals surface area contributed by atoms with Crippen LogP contribution in [0.1, 0.15) is 25.1 Å². The first-order valence-corrected chi connectivity index (χ1v) is 12.2. The molecule has 0 aliphatic rings. The lowest BCUT2D eigenvalue weighted by molar-refractivity contribution is 0.576. The predicted molar refractivity (Wildman–Crippen MR) is 126 cm³/mol. The van der Waals surface area contributed by atoms with Crippen molar-refractivity contribution in [3.8, 4) is 34.3 Å². The quantitative estimate of drug-likeness (QED) is 0.418. The summed E-state index contributed by atoms with van der Waals surface area (Å²) in [6.07, 6.45) is 1.60. The first kappa shape index (κ1) is 23.7. The van der Waals surface area contributed by atoms with Gasteiger partial charge in [0, 0.05) is 23.2 Å². The van der Waals surface area contributed by atoms with E-state index in [2.05, 4.69) is 25.5 Å². The first-order chi connectivity index (χ1) is 16.2. The van der Waals surface area contributed by atoms with Crippen LogP contribution in [-0.4, -0.2) is 40.9 Å². The molecule has 0 aliphatic carbocycles. The number of nitrogens with zero attached hydrogens (tertiary/aromatic N) is 4. The van der Waals surface area contributed by atoms with E-state index >= 15 is 0 Å². The molecule has 0 spiro atoms. The van der Waals surface area contributed by atoms with Crippen molar-refractivity contribution in [3.05, 3.63) is 65.7 Å². The normalized spacial score (nSPS) is 11.8. The highest BCUT2D eigenvalue weighted by Gasteiger charge is 2.20. The fraction of sp³-hybridized carbons (Fsp3) is 0.250. The second kappa shape index (κ2) is 9.40. The highest BCUT2D eigenvalue weighted by Crippen LogP contribution is 2.28. The standard InChI is InChI=1S/C24H24FN5O3S/c1-14(2)34(31,32)19-9-7-16(8-10-19)21-13-27-15(3)22(28-21)24-30-29-23(33-24)17-5-6-18(12-26-4)20(25)11-17/h5-11,13-14,26H,12H2,1-4H3. The third kappa shape index (κ3) is 4.59. The van der Waals surface area contributed by atoms with Gasteiger partial charge in [-0.1, -0.05) is 18.2 Å². The molecule has 4 aromatic rings. The van der Waals surface area contributed by atoms with E-state index in [1.54, 1.807) is 70.4 Å². The summed E-state index contributed by atoms with van der Waals surface area (Å²) in [6.45, 7) is 5.46. The summed E-state index contributed by atoms with van der Waals surface area (Å²) in [4.78, 5) is 9.25. The van der Waals surface area contributed by atoms with Gasteiger partial charge in [-0.15, -0.1) is 10.2 Å². The highest BCUT2D eigenvalue weighted by molar-refractivity contribution is 7.92. The maximum Gasteiger partial charge on any atom is 0.268 e. The minimum absolute atomic E-state index is 0.153. The van der Waals surface area contributed by atoms with Crippen molar-refractivity contribution in [1.29, 1.82) is 0 Å². The zero-order valence-electron chi connectivity index (χ0n) is 19.2. The second-order valence-corrected chi connectivity index (χ2v) is 10.6. The Labute approximate surface area is 197 Å². The second-order valence-electron chi connectivity index (χ2n) is 8.06. The topological polar surface area (TPSA) is 111 Å². The molecule has 1 N–H and O–H groups in total. The van der Waals surface area contributed by atoms with Gasteiger partial charge in [-0.3, -0.25) is 4.98 Å². The van der Waals surface area contributed by atoms with E-state index in [9.17, 15) is 12.8 Å². The van der Waals surface area contributed by atoms with Gasteiger partial charge in [-0.25, -0.2) is 17.8 Å². The van der Waals surface area contributed by atoms with Crippen molar-refractivity contribution in [3.63, 3.8) is 0 Å². The molecule has 8 nitrogen and oxygen atoms in total. The Morgan fingerprint density at radius 3 is 2.35 bits per heavy atom. The molecular formula is C24H24FN5O3S. The fourth-order valence-electron chi connectivity index (χ4n) is 3.33. The fourth-order valence-corrected chi connectivity index (χ4v) is 4.39. The number of halogens is 1. The zero-order chi connectivity index (χ0) is 24.5. The van der Waals surface area contributed by atoms with Gasteiger partial charge in [0.05, 0.1) is 27.7 Å². The summed E-state index contributed by atoms with van der Waals surface area (Å²) < 4.78 is 44.8. The number of hydrogen-bond acceptors (Lipinski definition) is 8. The maximum atomic E-state index is 14.3. The number of hydrogen-bond donors (Lipinski definition) is 1. The van der Waals surface area contributed by atoms with Gasteiger partial charge < -0.3 is 9.73 Å². The van der Waals surface area contributed by atoms with Gasteiger partial charge in [-0.2, -0.15) is 0 Å². The molecule has 2 aromatic heterocycles. The van der Waals surface area contributed by atoms with Crippen LogP contribution in [0.3, 0.4) is 0 Å². The molecule has 0 aliphatic heterocycles. The largest absolute Gasteiger partial charge is 0.415 e. The van der Waals surface area contributed by atoms with E-state index in [-0.39, 0.29) is 22.5 Å². The lowest BCUT2D eigenvalue weighted by Gasteiger charge is -2.09. The van der Waals surface area contributed by atoms with Crippen LogP contribution >= 0.6 is 0 Å². The minimum atomic E-state index is -3.37. The van der Waals surface area contributed by atoms with Gasteiger partial charge in [0.1, 0.15) is 11.5 Å². The van der Waals surface area contributed by atoms with E-state index in [4.69, 9.17) is 4.42 Å². The Morgan fingerprint density at radius 2 is 1.71 bits per heavy atom. The Balaban J connectivity index is 1.65. The van der Waals surface area contributed by atoms with Crippen LogP contribution in [-0.2, 0) is 16.4 Å². The van der Waals surface area contributed by atoms with E-state index in [1.165, 1.54) is 6.07 Å². The minimum Gasteiger partial charge on any atom is -0.415 e. The molecule has 0 bridgehead atoms. The van der Waals surface area contributed by atoms with Crippen LogP contribution in [0.25, 0.3) is 34.3 Å². The van der Waals surface area contributed by atoms with Gasteiger partial charge in [-0.05, 0) is 52.1 Å². The van der Waals surface area contributed by atoms with Crippen LogP contribution in [0, 0.1) is 12.7 Å². The number of rotatable bonds is 7. The maximum absolute atomic E-state index is 14.3. The van der Waals surface area contributed by atoms with Crippen LogP contribution in [0.5, 0.6) is 0 Å². The molecule has 176 valence electrons. The summed E-state index contributed by atoms with van der Waals surface area (Å²) in [6, 6.07) is 11.2. The number of benzene rings is 2. The molecule has 0 unspecified atom stereocenters. The van der Waals surface area contributed by atoms with Crippen molar-refractivity contribution in [2.75, 3.05) is 7.05 Å². The number of aromatic nitrogens is 4. The first-order valence-electron chi connectivity index (χ1n) is 10.7. The van der Waals surface area contributed by atoms with Crippen LogP contribution in [0.2, 0.25) is 0 Å². The molecule has 10 heteroatoms. The highest BCUT2D eigenvalue weighted by atomic mass is 32.2. The molecule has 0 radical (unpaired) electrons. The molecule has 0 saturated carbocycles. The number of nitrogens with one attached hydrogen (secondary N) is 1. The summed E-state index contributed by atoms with van der Waals surface area (Å²) in [7, 11) is -1.62. The van der Waals surface area contributed by atoms with Crippen LogP contribution in [0.15, 0.2) is 58.0 Å². The average Bonchev–Trinajstić information content (AvgIpc) is 3.31. The van der Waals surface area contributed by atoms with Gasteiger partial charge in [0.2, 0.25) is 5.89 Å². The molecule has 0 amide bonds. The van der Waals surface area contributed by atoms with E-state index < -0.39 is 15.1 Å². The molecule has 2 aromatic carbocycles. The molecule has 2 heterocycles. The Hall–Kier alpha value is -3.50. The zero-order valence-corrected chi connectivity index (χ0v) is 20.0. The van der Waals surface area contributed by atoms with Crippen LogP contribution in [0.4, 0.5) is 4.39 Å². The predicted octanol–water partition coefficient (Wildman–Crippen LogP) is 4.21. The Morgan fingerprint density at radius 1 is 1.03 bits per heavy atom. The van der Waals surface area contributed by atoms with Crippen molar-refractivity contribution in [2.45, 2.75) is 37.5 Å². The lowest BCUT2D eigenvalue weighted by Crippen LogP contribution is -2.13. The van der Waals surface area contributed by atoms with Gasteiger partial charge >= 0.3 is 0 Å². The molecular weight excluding hydrogens is 457 g/mol. The number of aryl methyl sites for hydroxylation is 1. The van der Waals surface area contributed by atoms with Gasteiger partial charge in [0.25, 0.3) is 5.89 Å². The Bertz CT molecular complexity index is 1430. The van der Waals surface area contributed by atoms with Gasteiger partial charge in [0.15, 0.2) is 9.84 Å². The smallest absolute Gasteiger partial charge is 0.268 e. The van der Waals surface area contributed by atoms with Crippen LogP contribution < -0.4 is 5.32 Å². The van der Waals surface area contributed by atoms with Crippen molar-refractivity contribution < 1.29 is 17.2 Å². The third-order valence-electron chi connectivity index (χ3n) is 5.35. The van der Waals surface area contributed by atoms with Crippen molar-refractivity contribution >= 4 is 9.84 Å². The van der Waals surface area contributed by atoms with E-state index in [1.807, 2.05) is 0 Å². The summed E-state index contributed by atoms with van der Waals surface area (Å²) in [5.41, 5.74) is 3.18. The monoisotopic (exact) mass is 481 g/mol. The third-order valence-corrected chi connectivity index (χ3v) is 7.52. The molecule has 4 rings (SSSR count). The Kier molecular flexibility index (Phi) is 6.54. The average molecular weight is 482 g/mol. The van der Waals surface area contributed by atoms with E-state index in [0.29, 0.717) is 40.3 Å². The molecule has 0 fully saturated rings. The molecule has 0 atom stereocenters. The van der Waals surface area contributed by atoms with Crippen molar-refractivity contribution in [2.24, 2.45) is 0 Å². The van der Waals surface area contributed by atoms with Crippen molar-refractivity contribution in [1.82, 2.24) is 25.5 Å². The summed E-state index contributed by atoms with van der Waals surface area (Å²) in [5, 5.41) is 10.5.